The summed E-state index contributed by atoms with van der Waals surface area (Å²) >= 11 is 2.79. The highest BCUT2D eigenvalue weighted by Gasteiger charge is 2.36. The maximum Gasteiger partial charge on any atom is 0.339 e. The van der Waals surface area contributed by atoms with Gasteiger partial charge in [0.1, 0.15) is 0 Å². The number of esters is 1. The van der Waals surface area contributed by atoms with E-state index in [0.717, 1.165) is 0 Å². The van der Waals surface area contributed by atoms with Gasteiger partial charge in [0.05, 0.1) is 7.11 Å². The molecule has 0 aliphatic heterocycles. The number of ether oxygens (including phenoxy) is 1. The van der Waals surface area contributed by atoms with Gasteiger partial charge in [-0.1, -0.05) is 12.2 Å². The van der Waals surface area contributed by atoms with Crippen molar-refractivity contribution in [2.45, 2.75) is 19.4 Å². The van der Waals surface area contributed by atoms with Crippen LogP contribution in [0.15, 0.2) is 23.0 Å². The molecule has 3 nitrogen and oxygen atoms in total. The first-order valence-electron chi connectivity index (χ1n) is 4.87. The van der Waals surface area contributed by atoms with Crippen LogP contribution in [0.2, 0.25) is 0 Å². The summed E-state index contributed by atoms with van der Waals surface area (Å²) in [6, 6.07) is 0. The van der Waals surface area contributed by atoms with E-state index in [4.69, 9.17) is 0 Å². The monoisotopic (exact) mass is 262 g/mol. The van der Waals surface area contributed by atoms with E-state index >= 15 is 0 Å². The smallest absolute Gasteiger partial charge is 0.339 e. The van der Waals surface area contributed by atoms with Gasteiger partial charge in [0.15, 0.2) is 5.60 Å². The van der Waals surface area contributed by atoms with Crippen LogP contribution in [-0.4, -0.2) is 35.3 Å². The van der Waals surface area contributed by atoms with Crippen LogP contribution < -0.4 is 0 Å². The lowest BCUT2D eigenvalue weighted by molar-refractivity contribution is -0.157. The molecule has 0 radical (unpaired) electrons. The first kappa shape index (κ1) is 15.6. The Morgan fingerprint density at radius 1 is 1.25 bits per heavy atom. The summed E-state index contributed by atoms with van der Waals surface area (Å²) in [4.78, 5) is 11.5. The molecule has 0 unspecified atom stereocenters. The molecule has 16 heavy (non-hydrogen) atoms. The molecule has 0 aliphatic carbocycles. The van der Waals surface area contributed by atoms with Crippen molar-refractivity contribution in [3.8, 4) is 0 Å². The molecule has 0 aromatic carbocycles. The van der Waals surface area contributed by atoms with E-state index in [0.29, 0.717) is 11.5 Å². The summed E-state index contributed by atoms with van der Waals surface area (Å²) in [6.07, 6.45) is 3.73. The first-order chi connectivity index (χ1) is 7.60. The van der Waals surface area contributed by atoms with Crippen molar-refractivity contribution in [3.63, 3.8) is 0 Å². The van der Waals surface area contributed by atoms with Gasteiger partial charge < -0.3 is 9.84 Å². The number of carbonyl (C=O) groups is 1. The SMILES string of the molecule is C/C=C\SCC(O)(CS/C=C\C)C(=O)OC. The van der Waals surface area contributed by atoms with Crippen LogP contribution in [0, 0.1) is 0 Å². The fraction of sp³-hybridized carbons (Fsp3) is 0.545. The molecule has 1 N–H and O–H groups in total. The Morgan fingerprint density at radius 3 is 2.00 bits per heavy atom. The second-order valence-electron chi connectivity index (χ2n) is 3.08. The molecule has 0 aromatic rings. The third-order valence-corrected chi connectivity index (χ3v) is 3.89. The van der Waals surface area contributed by atoms with Crippen molar-refractivity contribution < 1.29 is 14.6 Å². The van der Waals surface area contributed by atoms with Crippen molar-refractivity contribution in [2.24, 2.45) is 0 Å². The Bertz CT molecular complexity index is 246. The van der Waals surface area contributed by atoms with Crippen molar-refractivity contribution in [2.75, 3.05) is 18.6 Å². The van der Waals surface area contributed by atoms with E-state index in [2.05, 4.69) is 4.74 Å². The zero-order valence-corrected chi connectivity index (χ0v) is 11.4. The molecule has 0 bridgehead atoms. The number of hydrogen-bond donors (Lipinski definition) is 1. The highest BCUT2D eigenvalue weighted by atomic mass is 32.2. The number of allylic oxidation sites excluding steroid dienone is 2. The van der Waals surface area contributed by atoms with Crippen molar-refractivity contribution in [1.29, 1.82) is 0 Å². The van der Waals surface area contributed by atoms with Crippen molar-refractivity contribution >= 4 is 29.5 Å². The molecule has 5 heteroatoms. The zero-order chi connectivity index (χ0) is 12.4. The van der Waals surface area contributed by atoms with E-state index in [1.807, 2.05) is 36.8 Å². The summed E-state index contributed by atoms with van der Waals surface area (Å²) in [5, 5.41) is 13.8. The molecular weight excluding hydrogens is 244 g/mol. The Morgan fingerprint density at radius 2 is 1.69 bits per heavy atom. The van der Waals surface area contributed by atoms with Crippen LogP contribution in [0.3, 0.4) is 0 Å². The molecule has 92 valence electrons. The molecule has 0 saturated heterocycles. The Balaban J connectivity index is 4.41. The van der Waals surface area contributed by atoms with Crippen LogP contribution in [0.4, 0.5) is 0 Å². The largest absolute Gasteiger partial charge is 0.467 e. The van der Waals surface area contributed by atoms with E-state index < -0.39 is 11.6 Å². The molecule has 0 aliphatic rings. The topological polar surface area (TPSA) is 46.5 Å². The number of methoxy groups -OCH3 is 1. The van der Waals surface area contributed by atoms with Gasteiger partial charge in [-0.3, -0.25) is 0 Å². The van der Waals surface area contributed by atoms with Gasteiger partial charge in [0.25, 0.3) is 0 Å². The van der Waals surface area contributed by atoms with E-state index in [-0.39, 0.29) is 0 Å². The van der Waals surface area contributed by atoms with Gasteiger partial charge in [-0.2, -0.15) is 0 Å². The lowest BCUT2D eigenvalue weighted by Gasteiger charge is -2.23. The lowest BCUT2D eigenvalue weighted by atomic mass is 10.1. The average Bonchev–Trinajstić information content (AvgIpc) is 2.28. The van der Waals surface area contributed by atoms with Gasteiger partial charge in [-0.15, -0.1) is 23.5 Å². The van der Waals surface area contributed by atoms with Crippen molar-refractivity contribution in [3.05, 3.63) is 23.0 Å². The molecule has 0 saturated carbocycles. The predicted molar refractivity (Wildman–Crippen MR) is 71.5 cm³/mol. The van der Waals surface area contributed by atoms with Crippen LogP contribution in [0.1, 0.15) is 13.8 Å². The fourth-order valence-corrected chi connectivity index (χ4v) is 2.61. The molecule has 0 amide bonds. The van der Waals surface area contributed by atoms with Crippen LogP contribution in [0.5, 0.6) is 0 Å². The first-order valence-corrected chi connectivity index (χ1v) is 6.96. The minimum atomic E-state index is -1.43. The third-order valence-electron chi connectivity index (χ3n) is 1.67. The van der Waals surface area contributed by atoms with Crippen molar-refractivity contribution in [1.82, 2.24) is 0 Å². The third kappa shape index (κ3) is 5.63. The molecule has 0 aromatic heterocycles. The van der Waals surface area contributed by atoms with Gasteiger partial charge in [0.2, 0.25) is 0 Å². The van der Waals surface area contributed by atoms with Crippen LogP contribution in [0.25, 0.3) is 0 Å². The summed E-state index contributed by atoms with van der Waals surface area (Å²) in [5.74, 6) is 0.0184. The average molecular weight is 262 g/mol. The molecule has 0 heterocycles. The normalized spacial score (nSPS) is 12.5. The molecule has 0 fully saturated rings. The van der Waals surface area contributed by atoms with Gasteiger partial charge in [-0.25, -0.2) is 4.79 Å². The standard InChI is InChI=1S/C11H18O3S2/c1-4-6-15-8-11(13,10(12)14-3)9-16-7-5-2/h4-7,13H,8-9H2,1-3H3/b6-4-,7-5-. The van der Waals surface area contributed by atoms with Crippen LogP contribution >= 0.6 is 23.5 Å². The quantitative estimate of drug-likeness (QED) is 0.714. The summed E-state index contributed by atoms with van der Waals surface area (Å²) in [5.41, 5.74) is -1.43. The highest BCUT2D eigenvalue weighted by molar-refractivity contribution is 8.03. The Kier molecular flexibility index (Phi) is 8.51. The summed E-state index contributed by atoms with van der Waals surface area (Å²) < 4.78 is 4.61. The highest BCUT2D eigenvalue weighted by Crippen LogP contribution is 2.22. The number of hydrogen-bond acceptors (Lipinski definition) is 5. The Hall–Kier alpha value is -0.390. The molecule has 0 rings (SSSR count). The fourth-order valence-electron chi connectivity index (χ4n) is 0.914. The Labute approximate surface area is 105 Å². The van der Waals surface area contributed by atoms with E-state index in [9.17, 15) is 9.90 Å². The number of aliphatic hydroxyl groups is 1. The molecule has 0 spiro atoms. The number of carbonyl (C=O) groups excluding carboxylic acids is 1. The predicted octanol–water partition coefficient (Wildman–Crippen LogP) is 2.42. The lowest BCUT2D eigenvalue weighted by Crippen LogP contribution is -2.44. The minimum Gasteiger partial charge on any atom is -0.467 e. The molecule has 0 atom stereocenters. The van der Waals surface area contributed by atoms with E-state index in [1.54, 1.807) is 0 Å². The summed E-state index contributed by atoms with van der Waals surface area (Å²) in [6.45, 7) is 3.78. The number of rotatable bonds is 7. The maximum absolute atomic E-state index is 11.5. The maximum atomic E-state index is 11.5. The second kappa shape index (κ2) is 8.73. The van der Waals surface area contributed by atoms with Gasteiger partial charge in [-0.05, 0) is 24.7 Å². The second-order valence-corrected chi connectivity index (χ2v) is 4.87. The minimum absolute atomic E-state index is 0.300. The number of thioether (sulfide) groups is 2. The summed E-state index contributed by atoms with van der Waals surface area (Å²) in [7, 11) is 1.29. The molecular formula is C11H18O3S2. The zero-order valence-electron chi connectivity index (χ0n) is 9.80. The van der Waals surface area contributed by atoms with E-state index in [1.165, 1.54) is 30.6 Å². The van der Waals surface area contributed by atoms with Gasteiger partial charge >= 0.3 is 5.97 Å². The van der Waals surface area contributed by atoms with Crippen LogP contribution in [-0.2, 0) is 9.53 Å². The van der Waals surface area contributed by atoms with Gasteiger partial charge in [0, 0.05) is 11.5 Å².